The maximum atomic E-state index is 12.1. The summed E-state index contributed by atoms with van der Waals surface area (Å²) in [5.41, 5.74) is -0.411. The molecule has 0 radical (unpaired) electrons. The molecule has 0 spiro atoms. The van der Waals surface area contributed by atoms with Crippen molar-refractivity contribution in [3.63, 3.8) is 0 Å². The number of anilines is 1. The molecule has 0 aromatic heterocycles. The second-order valence-corrected chi connectivity index (χ2v) is 5.72. The maximum absolute atomic E-state index is 12.1. The van der Waals surface area contributed by atoms with Crippen molar-refractivity contribution in [1.29, 1.82) is 0 Å². The van der Waals surface area contributed by atoms with Gasteiger partial charge in [-0.25, -0.2) is 4.79 Å². The molecule has 0 bridgehead atoms. The van der Waals surface area contributed by atoms with Crippen LogP contribution in [0.15, 0.2) is 48.5 Å². The summed E-state index contributed by atoms with van der Waals surface area (Å²) >= 11 is 0. The minimum atomic E-state index is -1.22. The lowest BCUT2D eigenvalue weighted by Crippen LogP contribution is -2.44. The molecule has 0 aliphatic rings. The molecule has 11 nitrogen and oxygen atoms in total. The summed E-state index contributed by atoms with van der Waals surface area (Å²) in [4.78, 5) is 43.7. The number of nitro groups is 2. The van der Waals surface area contributed by atoms with Crippen LogP contribution in [0.1, 0.15) is 5.56 Å². The summed E-state index contributed by atoms with van der Waals surface area (Å²) in [6.07, 6.45) is 0.0690. The lowest BCUT2D eigenvalue weighted by Gasteiger charge is -2.15. The molecule has 1 atom stereocenters. The Morgan fingerprint density at radius 2 is 1.71 bits per heavy atom. The minimum absolute atomic E-state index is 0.0690. The van der Waals surface area contributed by atoms with Crippen LogP contribution < -0.4 is 10.6 Å². The van der Waals surface area contributed by atoms with Crippen LogP contribution in [0.2, 0.25) is 0 Å². The Morgan fingerprint density at radius 1 is 1.04 bits per heavy atom. The van der Waals surface area contributed by atoms with E-state index in [9.17, 15) is 34.9 Å². The van der Waals surface area contributed by atoms with Crippen molar-refractivity contribution in [2.24, 2.45) is 0 Å². The lowest BCUT2D eigenvalue weighted by atomic mass is 10.1. The van der Waals surface area contributed by atoms with E-state index in [0.29, 0.717) is 5.56 Å². The lowest BCUT2D eigenvalue weighted by molar-refractivity contribution is -0.393. The second kappa shape index (κ2) is 9.07. The van der Waals surface area contributed by atoms with Gasteiger partial charge in [0.15, 0.2) is 0 Å². The van der Waals surface area contributed by atoms with Crippen LogP contribution >= 0.6 is 0 Å². The molecule has 0 aliphatic heterocycles. The zero-order chi connectivity index (χ0) is 20.7. The van der Waals surface area contributed by atoms with E-state index in [0.717, 1.165) is 18.2 Å². The van der Waals surface area contributed by atoms with Crippen LogP contribution in [0.25, 0.3) is 0 Å². The molecule has 2 aromatic carbocycles. The molecule has 0 saturated heterocycles. The number of nitrogens with zero attached hydrogens (tertiary/aromatic N) is 2. The van der Waals surface area contributed by atoms with Gasteiger partial charge in [-0.3, -0.25) is 25.0 Å². The van der Waals surface area contributed by atoms with Crippen molar-refractivity contribution in [3.8, 4) is 0 Å². The van der Waals surface area contributed by atoms with Crippen molar-refractivity contribution >= 4 is 28.9 Å². The van der Waals surface area contributed by atoms with E-state index in [1.807, 2.05) is 0 Å². The van der Waals surface area contributed by atoms with Crippen LogP contribution in [0.4, 0.5) is 17.1 Å². The highest BCUT2D eigenvalue weighted by Crippen LogP contribution is 2.28. The van der Waals surface area contributed by atoms with Gasteiger partial charge < -0.3 is 15.7 Å². The molecular formula is C17H16N4O7. The fraction of sp³-hybridized carbons (Fsp3) is 0.176. The molecule has 1 amide bonds. The van der Waals surface area contributed by atoms with Crippen LogP contribution in [0.3, 0.4) is 0 Å². The summed E-state index contributed by atoms with van der Waals surface area (Å²) in [6.45, 7) is -0.447. The largest absolute Gasteiger partial charge is 0.480 e. The molecule has 11 heteroatoms. The smallest absolute Gasteiger partial charge is 0.326 e. The Hall–Kier alpha value is -4.02. The van der Waals surface area contributed by atoms with E-state index >= 15 is 0 Å². The summed E-state index contributed by atoms with van der Waals surface area (Å²) in [7, 11) is 0. The Bertz CT molecular complexity index is 902. The number of aliphatic carboxylic acids is 1. The number of nitrogens with one attached hydrogen (secondary N) is 2. The van der Waals surface area contributed by atoms with Gasteiger partial charge in [0.1, 0.15) is 11.7 Å². The molecule has 3 N–H and O–H groups in total. The van der Waals surface area contributed by atoms with Crippen LogP contribution in [0, 0.1) is 20.2 Å². The monoisotopic (exact) mass is 388 g/mol. The molecule has 0 aliphatic carbocycles. The fourth-order valence-electron chi connectivity index (χ4n) is 2.40. The number of hydrogen-bond donors (Lipinski definition) is 3. The van der Waals surface area contributed by atoms with Crippen LogP contribution in [-0.4, -0.2) is 39.4 Å². The number of carboxylic acids is 1. The normalized spacial score (nSPS) is 11.3. The third-order valence-corrected chi connectivity index (χ3v) is 3.74. The maximum Gasteiger partial charge on any atom is 0.326 e. The highest BCUT2D eigenvalue weighted by atomic mass is 16.6. The second-order valence-electron chi connectivity index (χ2n) is 5.72. The molecule has 0 heterocycles. The average molecular weight is 388 g/mol. The Kier molecular flexibility index (Phi) is 6.58. The average Bonchev–Trinajstić information content (AvgIpc) is 2.66. The quantitative estimate of drug-likeness (QED) is 0.431. The standard InChI is InChI=1S/C17H16N4O7/c22-16(19-14(17(23)24)8-11-4-2-1-3-5-11)10-18-13-7-6-12(20(25)26)9-15(13)21(27)28/h1-7,9,14,18H,8,10H2,(H,19,22)(H,23,24). The van der Waals surface area contributed by atoms with Crippen molar-refractivity contribution in [2.45, 2.75) is 12.5 Å². The first-order valence-electron chi connectivity index (χ1n) is 8.00. The molecule has 2 rings (SSSR count). The first-order valence-corrected chi connectivity index (χ1v) is 8.00. The molecular weight excluding hydrogens is 372 g/mol. The predicted molar refractivity (Wildman–Crippen MR) is 98.0 cm³/mol. The van der Waals surface area contributed by atoms with Crippen molar-refractivity contribution in [1.82, 2.24) is 5.32 Å². The molecule has 2 aromatic rings. The first kappa shape index (κ1) is 20.3. The summed E-state index contributed by atoms with van der Waals surface area (Å²) in [5, 5.41) is 35.9. The zero-order valence-corrected chi connectivity index (χ0v) is 14.4. The van der Waals surface area contributed by atoms with Gasteiger partial charge in [0, 0.05) is 12.5 Å². The van der Waals surface area contributed by atoms with E-state index in [2.05, 4.69) is 10.6 Å². The number of rotatable bonds is 9. The van der Waals surface area contributed by atoms with E-state index in [4.69, 9.17) is 0 Å². The summed E-state index contributed by atoms with van der Waals surface area (Å²) in [5.74, 6) is -1.92. The molecule has 28 heavy (non-hydrogen) atoms. The number of non-ortho nitro benzene ring substituents is 1. The Morgan fingerprint density at radius 3 is 2.29 bits per heavy atom. The van der Waals surface area contributed by atoms with Gasteiger partial charge in [-0.05, 0) is 11.6 Å². The van der Waals surface area contributed by atoms with E-state index in [-0.39, 0.29) is 12.1 Å². The number of carboxylic acid groups (broad SMARTS) is 1. The minimum Gasteiger partial charge on any atom is -0.480 e. The SMILES string of the molecule is O=C(CNc1ccc([N+](=O)[O-])cc1[N+](=O)[O-])NC(Cc1ccccc1)C(=O)O. The van der Waals surface area contributed by atoms with Crippen LogP contribution in [0.5, 0.6) is 0 Å². The number of carbonyl (C=O) groups excluding carboxylic acids is 1. The predicted octanol–water partition coefficient (Wildman–Crippen LogP) is 1.73. The Labute approximate surface area is 158 Å². The van der Waals surface area contributed by atoms with Gasteiger partial charge >= 0.3 is 5.97 Å². The van der Waals surface area contributed by atoms with Crippen molar-refractivity contribution in [2.75, 3.05) is 11.9 Å². The summed E-state index contributed by atoms with van der Waals surface area (Å²) < 4.78 is 0. The number of carbonyl (C=O) groups is 2. The van der Waals surface area contributed by atoms with Gasteiger partial charge in [-0.15, -0.1) is 0 Å². The third kappa shape index (κ3) is 5.49. The van der Waals surface area contributed by atoms with E-state index < -0.39 is 45.7 Å². The van der Waals surface area contributed by atoms with E-state index in [1.165, 1.54) is 0 Å². The Balaban J connectivity index is 2.03. The van der Waals surface area contributed by atoms with Gasteiger partial charge in [-0.1, -0.05) is 30.3 Å². The third-order valence-electron chi connectivity index (χ3n) is 3.74. The van der Waals surface area contributed by atoms with Gasteiger partial charge in [0.05, 0.1) is 22.5 Å². The first-order chi connectivity index (χ1) is 13.3. The summed E-state index contributed by atoms with van der Waals surface area (Å²) in [6, 6.07) is 10.5. The topological polar surface area (TPSA) is 165 Å². The number of benzene rings is 2. The van der Waals surface area contributed by atoms with Crippen molar-refractivity contribution in [3.05, 3.63) is 74.3 Å². The van der Waals surface area contributed by atoms with Gasteiger partial charge in [0.25, 0.3) is 11.4 Å². The molecule has 146 valence electrons. The van der Waals surface area contributed by atoms with Gasteiger partial charge in [-0.2, -0.15) is 0 Å². The number of hydrogen-bond acceptors (Lipinski definition) is 7. The van der Waals surface area contributed by atoms with Crippen molar-refractivity contribution < 1.29 is 24.5 Å². The number of nitro benzene ring substituents is 2. The van der Waals surface area contributed by atoms with Crippen LogP contribution in [-0.2, 0) is 16.0 Å². The molecule has 0 fully saturated rings. The van der Waals surface area contributed by atoms with E-state index in [1.54, 1.807) is 30.3 Å². The molecule has 0 saturated carbocycles. The fourth-order valence-corrected chi connectivity index (χ4v) is 2.40. The number of amides is 1. The zero-order valence-electron chi connectivity index (χ0n) is 14.4. The highest BCUT2D eigenvalue weighted by molar-refractivity contribution is 5.86. The molecule has 1 unspecified atom stereocenters. The highest BCUT2D eigenvalue weighted by Gasteiger charge is 2.22. The van der Waals surface area contributed by atoms with Gasteiger partial charge in [0.2, 0.25) is 5.91 Å².